The van der Waals surface area contributed by atoms with E-state index in [9.17, 15) is 4.21 Å². The minimum absolute atomic E-state index is 0.303. The Labute approximate surface area is 143 Å². The summed E-state index contributed by atoms with van der Waals surface area (Å²) in [6.45, 7) is 0. The largest absolute Gasteiger partial charge is 0.454 e. The second-order valence-electron chi connectivity index (χ2n) is 4.45. The van der Waals surface area contributed by atoms with Crippen molar-refractivity contribution in [2.75, 3.05) is 6.26 Å². The molecule has 0 spiro atoms. The molecule has 0 saturated carbocycles. The molecule has 8 heteroatoms. The molecule has 0 aliphatic carbocycles. The van der Waals surface area contributed by atoms with Gasteiger partial charge in [-0.2, -0.15) is 0 Å². The number of fused-ring (bicyclic) bond motifs is 1. The monoisotopic (exact) mass is 374 g/mol. The number of nitrogens with zero attached hydrogens (tertiary/aromatic N) is 1. The summed E-state index contributed by atoms with van der Waals surface area (Å²) in [7, 11) is -1.21. The number of hydrogen-bond donors (Lipinski definition) is 1. The van der Waals surface area contributed by atoms with Crippen molar-refractivity contribution < 1.29 is 8.95 Å². The molecule has 0 aliphatic heterocycles. The lowest BCUT2D eigenvalue weighted by molar-refractivity contribution is 0.484. The van der Waals surface area contributed by atoms with Crippen LogP contribution >= 0.6 is 34.8 Å². The van der Waals surface area contributed by atoms with Crippen LogP contribution in [-0.4, -0.2) is 20.4 Å². The van der Waals surface area contributed by atoms with Gasteiger partial charge in [-0.3, -0.25) is 4.21 Å². The van der Waals surface area contributed by atoms with Gasteiger partial charge in [-0.15, -0.1) is 0 Å². The van der Waals surface area contributed by atoms with Crippen molar-refractivity contribution in [3.8, 4) is 11.5 Å². The van der Waals surface area contributed by atoms with Gasteiger partial charge in [0.05, 0.1) is 31.9 Å². The maximum Gasteiger partial charge on any atom is 0.197 e. The molecular formula is C14H9Cl3N2O2S. The highest BCUT2D eigenvalue weighted by Crippen LogP contribution is 2.38. The molecule has 0 fully saturated rings. The van der Waals surface area contributed by atoms with Crippen LogP contribution < -0.4 is 4.74 Å². The lowest BCUT2D eigenvalue weighted by Gasteiger charge is -2.09. The van der Waals surface area contributed by atoms with Crippen molar-refractivity contribution in [1.29, 1.82) is 0 Å². The van der Waals surface area contributed by atoms with Crippen molar-refractivity contribution in [2.24, 2.45) is 0 Å². The zero-order chi connectivity index (χ0) is 15.9. The van der Waals surface area contributed by atoms with Crippen LogP contribution in [-0.2, 0) is 10.8 Å². The molecule has 114 valence electrons. The van der Waals surface area contributed by atoms with Crippen molar-refractivity contribution in [3.05, 3.63) is 45.4 Å². The zero-order valence-corrected chi connectivity index (χ0v) is 14.3. The second kappa shape index (κ2) is 6.08. The van der Waals surface area contributed by atoms with Gasteiger partial charge < -0.3 is 9.72 Å². The smallest absolute Gasteiger partial charge is 0.197 e. The van der Waals surface area contributed by atoms with E-state index in [1.807, 2.05) is 0 Å². The van der Waals surface area contributed by atoms with Crippen LogP contribution in [0.1, 0.15) is 0 Å². The van der Waals surface area contributed by atoms with Gasteiger partial charge in [0.1, 0.15) is 16.5 Å². The molecule has 0 amide bonds. The Balaban J connectivity index is 2.05. The number of rotatable bonds is 3. The van der Waals surface area contributed by atoms with E-state index in [1.165, 1.54) is 0 Å². The number of imidazole rings is 1. The summed E-state index contributed by atoms with van der Waals surface area (Å²) in [6, 6.07) is 8.39. The van der Waals surface area contributed by atoms with E-state index in [-0.39, 0.29) is 0 Å². The molecule has 22 heavy (non-hydrogen) atoms. The number of aromatic nitrogens is 2. The fourth-order valence-corrected chi connectivity index (χ4v) is 2.90. The molecule has 1 heterocycles. The fourth-order valence-electron chi connectivity index (χ4n) is 1.88. The Hall–Kier alpha value is -1.27. The second-order valence-corrected chi connectivity index (χ2v) is 6.94. The number of H-pyrrole nitrogens is 1. The molecule has 2 aromatic carbocycles. The van der Waals surface area contributed by atoms with Crippen LogP contribution in [0, 0.1) is 0 Å². The Morgan fingerprint density at radius 2 is 1.91 bits per heavy atom. The zero-order valence-electron chi connectivity index (χ0n) is 11.2. The first-order valence-corrected chi connectivity index (χ1v) is 8.79. The van der Waals surface area contributed by atoms with Gasteiger partial charge in [0, 0.05) is 12.3 Å². The molecule has 0 radical (unpaired) electrons. The first-order valence-electron chi connectivity index (χ1n) is 6.10. The molecular weight excluding hydrogens is 367 g/mol. The molecule has 1 N–H and O–H groups in total. The summed E-state index contributed by atoms with van der Waals surface area (Å²) in [5.74, 6) is 0.781. The summed E-state index contributed by atoms with van der Waals surface area (Å²) < 4.78 is 17.2. The Kier molecular flexibility index (Phi) is 4.32. The van der Waals surface area contributed by atoms with Gasteiger partial charge in [-0.25, -0.2) is 4.98 Å². The number of hydrogen-bond acceptors (Lipinski definition) is 3. The third-order valence-electron chi connectivity index (χ3n) is 2.92. The highest BCUT2D eigenvalue weighted by atomic mass is 35.5. The van der Waals surface area contributed by atoms with E-state index >= 15 is 0 Å². The van der Waals surface area contributed by atoms with Crippen LogP contribution in [0.5, 0.6) is 11.5 Å². The van der Waals surface area contributed by atoms with Crippen molar-refractivity contribution in [3.63, 3.8) is 0 Å². The molecule has 0 unspecified atom stereocenters. The minimum Gasteiger partial charge on any atom is -0.454 e. The predicted octanol–water partition coefficient (Wildman–Crippen LogP) is 5.05. The first kappa shape index (κ1) is 15.6. The SMILES string of the molecule is C[S@](=O)c1nc2cc(Oc3cccc(Cl)c3Cl)c(Cl)cc2[nH]1. The minimum atomic E-state index is -1.21. The lowest BCUT2D eigenvalue weighted by Crippen LogP contribution is -1.88. The first-order chi connectivity index (χ1) is 10.5. The van der Waals surface area contributed by atoms with E-state index in [0.717, 1.165) is 0 Å². The van der Waals surface area contributed by atoms with E-state index in [1.54, 1.807) is 36.6 Å². The van der Waals surface area contributed by atoms with Crippen LogP contribution in [0.2, 0.25) is 15.1 Å². The third kappa shape index (κ3) is 2.94. The average Bonchev–Trinajstić information content (AvgIpc) is 2.87. The molecule has 0 saturated heterocycles. The number of nitrogens with one attached hydrogen (secondary N) is 1. The van der Waals surface area contributed by atoms with Gasteiger partial charge in [0.2, 0.25) is 0 Å². The van der Waals surface area contributed by atoms with Crippen molar-refractivity contribution in [1.82, 2.24) is 9.97 Å². The quantitative estimate of drug-likeness (QED) is 0.696. The van der Waals surface area contributed by atoms with Crippen molar-refractivity contribution >= 4 is 56.6 Å². The van der Waals surface area contributed by atoms with Gasteiger partial charge in [-0.05, 0) is 18.2 Å². The maximum absolute atomic E-state index is 11.5. The summed E-state index contributed by atoms with van der Waals surface area (Å²) in [4.78, 5) is 7.19. The van der Waals surface area contributed by atoms with Gasteiger partial charge >= 0.3 is 0 Å². The normalized spacial score (nSPS) is 12.5. The van der Waals surface area contributed by atoms with Gasteiger partial charge in [-0.1, -0.05) is 40.9 Å². The van der Waals surface area contributed by atoms with Gasteiger partial charge in [0.25, 0.3) is 0 Å². The third-order valence-corrected chi connectivity index (χ3v) is 4.76. The number of ether oxygens (including phenoxy) is 1. The fraction of sp³-hybridized carbons (Fsp3) is 0.0714. The van der Waals surface area contributed by atoms with E-state index < -0.39 is 10.8 Å². The Morgan fingerprint density at radius 1 is 1.14 bits per heavy atom. The molecule has 3 rings (SSSR count). The molecule has 0 bridgehead atoms. The standard InChI is InChI=1S/C14H9Cl3N2O2S/c1-22(20)14-18-9-5-8(16)12(6-10(9)19-14)21-11-4-2-3-7(15)13(11)17/h2-6H,1H3,(H,18,19)/t22-/m0/s1. The summed E-state index contributed by atoms with van der Waals surface area (Å²) in [5, 5.41) is 1.45. The van der Waals surface area contributed by atoms with Crippen LogP contribution in [0.3, 0.4) is 0 Å². The molecule has 1 atom stereocenters. The van der Waals surface area contributed by atoms with Crippen molar-refractivity contribution in [2.45, 2.75) is 5.16 Å². The van der Waals surface area contributed by atoms with E-state index in [4.69, 9.17) is 39.5 Å². The lowest BCUT2D eigenvalue weighted by atomic mass is 10.3. The van der Waals surface area contributed by atoms with Crippen LogP contribution in [0.25, 0.3) is 11.0 Å². The van der Waals surface area contributed by atoms with E-state index in [0.29, 0.717) is 42.8 Å². The molecule has 1 aromatic heterocycles. The highest BCUT2D eigenvalue weighted by molar-refractivity contribution is 7.84. The number of benzene rings is 2. The summed E-state index contributed by atoms with van der Waals surface area (Å²) in [6.07, 6.45) is 1.54. The highest BCUT2D eigenvalue weighted by Gasteiger charge is 2.13. The Morgan fingerprint density at radius 3 is 2.64 bits per heavy atom. The molecule has 3 aromatic rings. The molecule has 0 aliphatic rings. The average molecular weight is 376 g/mol. The van der Waals surface area contributed by atoms with Gasteiger partial charge in [0.15, 0.2) is 5.16 Å². The molecule has 4 nitrogen and oxygen atoms in total. The maximum atomic E-state index is 11.5. The summed E-state index contributed by atoms with van der Waals surface area (Å²) >= 11 is 18.3. The predicted molar refractivity (Wildman–Crippen MR) is 90.0 cm³/mol. The van der Waals surface area contributed by atoms with Crippen LogP contribution in [0.4, 0.5) is 0 Å². The Bertz CT molecular complexity index is 895. The van der Waals surface area contributed by atoms with E-state index in [2.05, 4.69) is 9.97 Å². The number of aromatic amines is 1. The van der Waals surface area contributed by atoms with Crippen LogP contribution in [0.15, 0.2) is 35.5 Å². The topological polar surface area (TPSA) is 55.0 Å². The number of halogens is 3. The summed E-state index contributed by atoms with van der Waals surface area (Å²) in [5.41, 5.74) is 1.28.